The van der Waals surface area contributed by atoms with Crippen LogP contribution in [0.3, 0.4) is 0 Å². The van der Waals surface area contributed by atoms with Crippen molar-refractivity contribution in [2.24, 2.45) is 10.7 Å². The van der Waals surface area contributed by atoms with E-state index < -0.39 is 0 Å². The first-order valence-electron chi connectivity index (χ1n) is 4.67. The molecule has 0 aliphatic carbocycles. The van der Waals surface area contributed by atoms with Gasteiger partial charge >= 0.3 is 0 Å². The summed E-state index contributed by atoms with van der Waals surface area (Å²) in [5.41, 5.74) is 5.58. The van der Waals surface area contributed by atoms with Gasteiger partial charge < -0.3 is 15.5 Å². The third-order valence-electron chi connectivity index (χ3n) is 1.61. The minimum Gasteiger partial charge on any atom is -0.444 e. The number of nitrogens with two attached hydrogens (primary N) is 1. The molecule has 0 spiro atoms. The molecule has 0 bridgehead atoms. The molecular weight excluding hydrogens is 180 g/mol. The van der Waals surface area contributed by atoms with Crippen LogP contribution < -0.4 is 11.1 Å². The summed E-state index contributed by atoms with van der Waals surface area (Å²) in [6.45, 7) is 5.13. The highest BCUT2D eigenvalue weighted by Gasteiger charge is 1.98. The lowest BCUT2D eigenvalue weighted by molar-refractivity contribution is 0.474. The largest absolute Gasteiger partial charge is 0.444 e. The quantitative estimate of drug-likeness (QED) is 0.551. The van der Waals surface area contributed by atoms with E-state index >= 15 is 0 Å². The Morgan fingerprint density at radius 1 is 1.71 bits per heavy atom. The van der Waals surface area contributed by atoms with E-state index in [1.165, 1.54) is 0 Å². The molecule has 0 saturated heterocycles. The molecule has 0 aliphatic rings. The average Bonchev–Trinajstić information content (AvgIpc) is 2.58. The van der Waals surface area contributed by atoms with Crippen LogP contribution in [-0.2, 0) is 6.54 Å². The summed E-state index contributed by atoms with van der Waals surface area (Å²) in [6, 6.07) is 0. The molecule has 1 heterocycles. The van der Waals surface area contributed by atoms with Gasteiger partial charge in [-0.2, -0.15) is 0 Å². The molecular formula is C9H16N4O. The Morgan fingerprint density at radius 3 is 3.07 bits per heavy atom. The van der Waals surface area contributed by atoms with E-state index in [1.807, 2.05) is 6.92 Å². The van der Waals surface area contributed by atoms with Crippen molar-refractivity contribution in [2.75, 3.05) is 6.54 Å². The maximum absolute atomic E-state index is 5.58. The molecule has 0 aliphatic heterocycles. The Kier molecular flexibility index (Phi) is 3.97. The molecule has 1 rings (SSSR count). The molecule has 0 radical (unpaired) electrons. The fourth-order valence-electron chi connectivity index (χ4n) is 0.936. The van der Waals surface area contributed by atoms with Gasteiger partial charge in [0.05, 0.1) is 6.20 Å². The Bertz CT molecular complexity index is 306. The smallest absolute Gasteiger partial charge is 0.216 e. The topological polar surface area (TPSA) is 76.4 Å². The van der Waals surface area contributed by atoms with Crippen molar-refractivity contribution in [1.82, 2.24) is 10.3 Å². The minimum absolute atomic E-state index is 0.385. The highest BCUT2D eigenvalue weighted by Crippen LogP contribution is 2.02. The number of hydrogen-bond acceptors (Lipinski definition) is 3. The van der Waals surface area contributed by atoms with Crippen molar-refractivity contribution < 1.29 is 4.42 Å². The van der Waals surface area contributed by atoms with Crippen LogP contribution in [0.2, 0.25) is 0 Å². The summed E-state index contributed by atoms with van der Waals surface area (Å²) in [6.07, 6.45) is 2.69. The third-order valence-corrected chi connectivity index (χ3v) is 1.61. The van der Waals surface area contributed by atoms with Gasteiger partial charge in [-0.3, -0.25) is 0 Å². The lowest BCUT2D eigenvalue weighted by Crippen LogP contribution is -2.32. The second kappa shape index (κ2) is 5.26. The van der Waals surface area contributed by atoms with E-state index in [-0.39, 0.29) is 0 Å². The summed E-state index contributed by atoms with van der Waals surface area (Å²) in [4.78, 5) is 8.08. The second-order valence-electron chi connectivity index (χ2n) is 2.99. The number of rotatable bonds is 4. The van der Waals surface area contributed by atoms with Crippen molar-refractivity contribution in [3.63, 3.8) is 0 Å². The molecule has 0 unspecified atom stereocenters. The number of nitrogens with one attached hydrogen (secondary N) is 1. The van der Waals surface area contributed by atoms with Gasteiger partial charge in [0.2, 0.25) is 5.89 Å². The molecule has 1 aromatic heterocycles. The Labute approximate surface area is 83.4 Å². The van der Waals surface area contributed by atoms with Crippen LogP contribution in [0.4, 0.5) is 0 Å². The van der Waals surface area contributed by atoms with Crippen LogP contribution >= 0.6 is 0 Å². The van der Waals surface area contributed by atoms with Gasteiger partial charge in [0.1, 0.15) is 12.3 Å². The third kappa shape index (κ3) is 3.47. The fraction of sp³-hybridized carbons (Fsp3) is 0.556. The highest BCUT2D eigenvalue weighted by molar-refractivity contribution is 5.77. The van der Waals surface area contributed by atoms with E-state index in [4.69, 9.17) is 10.2 Å². The van der Waals surface area contributed by atoms with Gasteiger partial charge in [-0.05, 0) is 13.3 Å². The summed E-state index contributed by atoms with van der Waals surface area (Å²) >= 11 is 0. The van der Waals surface area contributed by atoms with Crippen LogP contribution in [0, 0.1) is 6.92 Å². The van der Waals surface area contributed by atoms with Gasteiger partial charge in [0.25, 0.3) is 0 Å². The zero-order valence-corrected chi connectivity index (χ0v) is 8.58. The molecule has 0 fully saturated rings. The predicted molar refractivity (Wildman–Crippen MR) is 54.9 cm³/mol. The molecule has 78 valence electrons. The van der Waals surface area contributed by atoms with Crippen molar-refractivity contribution in [3.8, 4) is 0 Å². The minimum atomic E-state index is 0.385. The average molecular weight is 196 g/mol. The Hall–Kier alpha value is -1.52. The summed E-state index contributed by atoms with van der Waals surface area (Å²) in [5, 5.41) is 2.97. The first-order chi connectivity index (χ1) is 6.72. The molecule has 0 atom stereocenters. The van der Waals surface area contributed by atoms with Crippen LogP contribution in [0.5, 0.6) is 0 Å². The first kappa shape index (κ1) is 10.6. The monoisotopic (exact) mass is 196 g/mol. The standard InChI is InChI=1S/C9H16N4O/c1-3-4-11-9(10)13-6-8-12-5-7(2)14-8/h5H,3-4,6H2,1-2H3,(H3,10,11,13). The number of oxazole rings is 1. The van der Waals surface area contributed by atoms with Crippen molar-refractivity contribution in [3.05, 3.63) is 17.8 Å². The number of aliphatic imine (C=N–C) groups is 1. The van der Waals surface area contributed by atoms with Crippen LogP contribution in [0.15, 0.2) is 15.6 Å². The van der Waals surface area contributed by atoms with E-state index in [1.54, 1.807) is 6.20 Å². The molecule has 5 heteroatoms. The van der Waals surface area contributed by atoms with E-state index in [2.05, 4.69) is 22.2 Å². The number of aryl methyl sites for hydroxylation is 1. The molecule has 5 nitrogen and oxygen atoms in total. The SMILES string of the molecule is CCCNC(N)=NCc1ncc(C)o1. The molecule has 0 amide bonds. The fourth-order valence-corrected chi connectivity index (χ4v) is 0.936. The van der Waals surface area contributed by atoms with Crippen molar-refractivity contribution in [2.45, 2.75) is 26.8 Å². The summed E-state index contributed by atoms with van der Waals surface area (Å²) < 4.78 is 5.24. The van der Waals surface area contributed by atoms with E-state index in [9.17, 15) is 0 Å². The van der Waals surface area contributed by atoms with Crippen molar-refractivity contribution >= 4 is 5.96 Å². The lowest BCUT2D eigenvalue weighted by Gasteiger charge is -2.01. The van der Waals surface area contributed by atoms with E-state index in [0.29, 0.717) is 18.4 Å². The van der Waals surface area contributed by atoms with Gasteiger partial charge in [-0.15, -0.1) is 0 Å². The van der Waals surface area contributed by atoms with Gasteiger partial charge in [-0.1, -0.05) is 6.92 Å². The summed E-state index contributed by atoms with van der Waals surface area (Å²) in [5.74, 6) is 1.81. The lowest BCUT2D eigenvalue weighted by atomic mass is 10.5. The molecule has 0 saturated carbocycles. The number of aromatic nitrogens is 1. The van der Waals surface area contributed by atoms with Gasteiger partial charge in [-0.25, -0.2) is 9.98 Å². The molecule has 14 heavy (non-hydrogen) atoms. The Morgan fingerprint density at radius 2 is 2.50 bits per heavy atom. The second-order valence-corrected chi connectivity index (χ2v) is 2.99. The number of hydrogen-bond donors (Lipinski definition) is 2. The van der Waals surface area contributed by atoms with Crippen molar-refractivity contribution in [1.29, 1.82) is 0 Å². The van der Waals surface area contributed by atoms with Gasteiger partial charge in [0.15, 0.2) is 5.96 Å². The predicted octanol–water partition coefficient (Wildman–Crippen LogP) is 0.797. The Balaban J connectivity index is 2.38. The van der Waals surface area contributed by atoms with E-state index in [0.717, 1.165) is 18.7 Å². The first-order valence-corrected chi connectivity index (χ1v) is 4.67. The molecule has 3 N–H and O–H groups in total. The van der Waals surface area contributed by atoms with Gasteiger partial charge in [0, 0.05) is 6.54 Å². The zero-order valence-electron chi connectivity index (χ0n) is 8.58. The zero-order chi connectivity index (χ0) is 10.4. The summed E-state index contributed by atoms with van der Waals surface area (Å²) in [7, 11) is 0. The molecule has 1 aromatic rings. The molecule has 0 aromatic carbocycles. The number of guanidine groups is 1. The van der Waals surface area contributed by atoms with Crippen LogP contribution in [0.25, 0.3) is 0 Å². The maximum atomic E-state index is 5.58. The number of nitrogens with zero attached hydrogens (tertiary/aromatic N) is 2. The highest BCUT2D eigenvalue weighted by atomic mass is 16.4. The van der Waals surface area contributed by atoms with Crippen LogP contribution in [0.1, 0.15) is 25.0 Å². The van der Waals surface area contributed by atoms with Crippen LogP contribution in [-0.4, -0.2) is 17.5 Å². The maximum Gasteiger partial charge on any atom is 0.216 e. The normalized spacial score (nSPS) is 11.7.